The number of nitrogens with one attached hydrogen (secondary N) is 1. The van der Waals surface area contributed by atoms with E-state index in [1.165, 1.54) is 12.8 Å². The fourth-order valence-electron chi connectivity index (χ4n) is 2.21. The van der Waals surface area contributed by atoms with Crippen molar-refractivity contribution in [2.24, 2.45) is 11.7 Å². The highest BCUT2D eigenvalue weighted by Crippen LogP contribution is 2.24. The van der Waals surface area contributed by atoms with Gasteiger partial charge in [-0.3, -0.25) is 4.79 Å². The molecule has 0 bridgehead atoms. The smallest absolute Gasteiger partial charge is 0.223 e. The third-order valence-corrected chi connectivity index (χ3v) is 3.26. The molecule has 3 N–H and O–H groups in total. The SMILES string of the molecule is CCCCC(CN)NC(=O)C1CCCC1. The van der Waals surface area contributed by atoms with Crippen molar-refractivity contribution in [1.82, 2.24) is 5.32 Å². The largest absolute Gasteiger partial charge is 0.352 e. The fourth-order valence-corrected chi connectivity index (χ4v) is 2.21. The number of amides is 1. The Kier molecular flexibility index (Phi) is 5.69. The van der Waals surface area contributed by atoms with Crippen LogP contribution in [0, 0.1) is 5.92 Å². The number of carbonyl (C=O) groups is 1. The molecule has 0 saturated heterocycles. The lowest BCUT2D eigenvalue weighted by Gasteiger charge is -2.19. The van der Waals surface area contributed by atoms with Crippen LogP contribution in [0.25, 0.3) is 0 Å². The molecule has 1 atom stereocenters. The first-order valence-electron chi connectivity index (χ1n) is 6.28. The number of nitrogens with two attached hydrogens (primary N) is 1. The quantitative estimate of drug-likeness (QED) is 0.705. The van der Waals surface area contributed by atoms with Gasteiger partial charge in [0.2, 0.25) is 5.91 Å². The molecule has 0 heterocycles. The van der Waals surface area contributed by atoms with Crippen LogP contribution in [0.4, 0.5) is 0 Å². The maximum atomic E-state index is 11.8. The predicted octanol–water partition coefficient (Wildman–Crippen LogP) is 1.81. The van der Waals surface area contributed by atoms with E-state index in [0.717, 1.165) is 32.1 Å². The van der Waals surface area contributed by atoms with E-state index in [1.54, 1.807) is 0 Å². The molecule has 0 aromatic rings. The first-order valence-corrected chi connectivity index (χ1v) is 6.28. The van der Waals surface area contributed by atoms with E-state index in [9.17, 15) is 4.79 Å². The Labute approximate surface area is 92.8 Å². The summed E-state index contributed by atoms with van der Waals surface area (Å²) in [5.74, 6) is 0.500. The Balaban J connectivity index is 2.26. The molecule has 1 fully saturated rings. The van der Waals surface area contributed by atoms with Crippen molar-refractivity contribution in [2.75, 3.05) is 6.54 Å². The Morgan fingerprint density at radius 1 is 1.47 bits per heavy atom. The Bertz CT molecular complexity index is 188. The summed E-state index contributed by atoms with van der Waals surface area (Å²) in [6.45, 7) is 2.73. The molecule has 1 amide bonds. The Hall–Kier alpha value is -0.570. The highest BCUT2D eigenvalue weighted by Gasteiger charge is 2.23. The summed E-state index contributed by atoms with van der Waals surface area (Å²) in [4.78, 5) is 11.8. The zero-order valence-corrected chi connectivity index (χ0v) is 9.80. The van der Waals surface area contributed by atoms with Crippen LogP contribution in [0.3, 0.4) is 0 Å². The molecule has 0 aromatic carbocycles. The lowest BCUT2D eigenvalue weighted by Crippen LogP contribution is -2.42. The van der Waals surface area contributed by atoms with Crippen molar-refractivity contribution in [3.63, 3.8) is 0 Å². The minimum atomic E-state index is 0.193. The van der Waals surface area contributed by atoms with Crippen molar-refractivity contribution < 1.29 is 4.79 Å². The number of unbranched alkanes of at least 4 members (excludes halogenated alkanes) is 1. The zero-order chi connectivity index (χ0) is 11.1. The predicted molar refractivity (Wildman–Crippen MR) is 62.5 cm³/mol. The van der Waals surface area contributed by atoms with Gasteiger partial charge in [-0.15, -0.1) is 0 Å². The van der Waals surface area contributed by atoms with Crippen LogP contribution < -0.4 is 11.1 Å². The van der Waals surface area contributed by atoms with Gasteiger partial charge in [0.05, 0.1) is 0 Å². The first-order chi connectivity index (χ1) is 7.27. The van der Waals surface area contributed by atoms with Gasteiger partial charge in [0.1, 0.15) is 0 Å². The van der Waals surface area contributed by atoms with Gasteiger partial charge < -0.3 is 11.1 Å². The molecule has 88 valence electrons. The van der Waals surface area contributed by atoms with Gasteiger partial charge in [-0.1, -0.05) is 32.6 Å². The van der Waals surface area contributed by atoms with E-state index < -0.39 is 0 Å². The molecule has 3 heteroatoms. The summed E-state index contributed by atoms with van der Waals surface area (Å²) in [6, 6.07) is 0.193. The molecule has 1 unspecified atom stereocenters. The highest BCUT2D eigenvalue weighted by molar-refractivity contribution is 5.79. The van der Waals surface area contributed by atoms with Gasteiger partial charge in [0.15, 0.2) is 0 Å². The van der Waals surface area contributed by atoms with E-state index in [-0.39, 0.29) is 17.9 Å². The second-order valence-corrected chi connectivity index (χ2v) is 4.56. The molecule has 15 heavy (non-hydrogen) atoms. The molecule has 0 aliphatic heterocycles. The van der Waals surface area contributed by atoms with Crippen molar-refractivity contribution in [2.45, 2.75) is 57.9 Å². The summed E-state index contributed by atoms with van der Waals surface area (Å²) in [5, 5.41) is 3.08. The minimum Gasteiger partial charge on any atom is -0.352 e. The maximum absolute atomic E-state index is 11.8. The van der Waals surface area contributed by atoms with E-state index in [2.05, 4.69) is 12.2 Å². The summed E-state index contributed by atoms with van der Waals surface area (Å²) in [5.41, 5.74) is 5.65. The number of carbonyl (C=O) groups excluding carboxylic acids is 1. The van der Waals surface area contributed by atoms with E-state index in [1.807, 2.05) is 0 Å². The Morgan fingerprint density at radius 3 is 2.67 bits per heavy atom. The Morgan fingerprint density at radius 2 is 2.13 bits per heavy atom. The van der Waals surface area contributed by atoms with Crippen LogP contribution in [0.15, 0.2) is 0 Å². The van der Waals surface area contributed by atoms with Crippen molar-refractivity contribution in [3.8, 4) is 0 Å². The van der Waals surface area contributed by atoms with E-state index in [4.69, 9.17) is 5.73 Å². The molecular formula is C12H24N2O. The van der Waals surface area contributed by atoms with Crippen LogP contribution in [0.5, 0.6) is 0 Å². The summed E-state index contributed by atoms with van der Waals surface area (Å²) < 4.78 is 0. The molecule has 0 radical (unpaired) electrons. The van der Waals surface area contributed by atoms with Gasteiger partial charge in [0.25, 0.3) is 0 Å². The second-order valence-electron chi connectivity index (χ2n) is 4.56. The molecule has 1 aliphatic rings. The van der Waals surface area contributed by atoms with E-state index in [0.29, 0.717) is 6.54 Å². The van der Waals surface area contributed by atoms with Gasteiger partial charge >= 0.3 is 0 Å². The topological polar surface area (TPSA) is 55.1 Å². The van der Waals surface area contributed by atoms with Crippen LogP contribution in [-0.4, -0.2) is 18.5 Å². The van der Waals surface area contributed by atoms with Gasteiger partial charge in [-0.2, -0.15) is 0 Å². The van der Waals surface area contributed by atoms with Gasteiger partial charge in [-0.05, 0) is 19.3 Å². The van der Waals surface area contributed by atoms with Gasteiger partial charge in [-0.25, -0.2) is 0 Å². The van der Waals surface area contributed by atoms with Crippen LogP contribution in [0.1, 0.15) is 51.9 Å². The van der Waals surface area contributed by atoms with Gasteiger partial charge in [0, 0.05) is 18.5 Å². The lowest BCUT2D eigenvalue weighted by molar-refractivity contribution is -0.125. The van der Waals surface area contributed by atoms with Crippen molar-refractivity contribution in [3.05, 3.63) is 0 Å². The zero-order valence-electron chi connectivity index (χ0n) is 9.80. The maximum Gasteiger partial charge on any atom is 0.223 e. The molecule has 1 rings (SSSR count). The molecule has 1 saturated carbocycles. The van der Waals surface area contributed by atoms with Crippen LogP contribution >= 0.6 is 0 Å². The third-order valence-electron chi connectivity index (χ3n) is 3.26. The molecule has 0 aromatic heterocycles. The average Bonchev–Trinajstić information content (AvgIpc) is 2.77. The lowest BCUT2D eigenvalue weighted by atomic mass is 10.1. The minimum absolute atomic E-state index is 0.193. The monoisotopic (exact) mass is 212 g/mol. The summed E-state index contributed by atoms with van der Waals surface area (Å²) in [6.07, 6.45) is 7.88. The molecular weight excluding hydrogens is 188 g/mol. The normalized spacial score (nSPS) is 19.1. The molecule has 1 aliphatic carbocycles. The number of rotatable bonds is 6. The first kappa shape index (κ1) is 12.5. The number of hydrogen-bond donors (Lipinski definition) is 2. The fraction of sp³-hybridized carbons (Fsp3) is 0.917. The van der Waals surface area contributed by atoms with E-state index >= 15 is 0 Å². The highest BCUT2D eigenvalue weighted by atomic mass is 16.1. The molecule has 3 nitrogen and oxygen atoms in total. The standard InChI is InChI=1S/C12H24N2O/c1-2-3-8-11(9-13)14-12(15)10-6-4-5-7-10/h10-11H,2-9,13H2,1H3,(H,14,15). The summed E-state index contributed by atoms with van der Waals surface area (Å²) in [7, 11) is 0. The van der Waals surface area contributed by atoms with Crippen LogP contribution in [0.2, 0.25) is 0 Å². The van der Waals surface area contributed by atoms with Crippen molar-refractivity contribution in [1.29, 1.82) is 0 Å². The molecule has 0 spiro atoms. The second kappa shape index (κ2) is 6.83. The van der Waals surface area contributed by atoms with Crippen molar-refractivity contribution >= 4 is 5.91 Å². The average molecular weight is 212 g/mol. The van der Waals surface area contributed by atoms with Crippen LogP contribution in [-0.2, 0) is 4.79 Å². The third kappa shape index (κ3) is 4.20. The number of hydrogen-bond acceptors (Lipinski definition) is 2. The summed E-state index contributed by atoms with van der Waals surface area (Å²) >= 11 is 0.